The number of phenolic OH excluding ortho intramolecular Hbond substituents is 1. The van der Waals surface area contributed by atoms with Gasteiger partial charge < -0.3 is 10.0 Å². The first-order chi connectivity index (χ1) is 8.74. The molecule has 3 rings (SSSR count). The monoisotopic (exact) mass is 245 g/mol. The van der Waals surface area contributed by atoms with E-state index in [4.69, 9.17) is 0 Å². The van der Waals surface area contributed by atoms with Gasteiger partial charge in [-0.25, -0.2) is 0 Å². The summed E-state index contributed by atoms with van der Waals surface area (Å²) in [4.78, 5) is 14.0. The molecule has 1 aliphatic heterocycles. The second-order valence-electron chi connectivity index (χ2n) is 5.47. The Morgan fingerprint density at radius 1 is 1.06 bits per heavy atom. The van der Waals surface area contributed by atoms with Crippen LogP contribution in [0.5, 0.6) is 5.75 Å². The predicted molar refractivity (Wildman–Crippen MR) is 69.4 cm³/mol. The molecule has 1 aliphatic carbocycles. The first kappa shape index (κ1) is 11.6. The fourth-order valence-corrected chi connectivity index (χ4v) is 2.77. The largest absolute Gasteiger partial charge is 0.508 e. The third kappa shape index (κ3) is 2.35. The van der Waals surface area contributed by atoms with Gasteiger partial charge in [0.2, 0.25) is 5.91 Å². The zero-order valence-electron chi connectivity index (χ0n) is 10.5. The molecule has 0 atom stereocenters. The van der Waals surface area contributed by atoms with Gasteiger partial charge in [-0.05, 0) is 49.3 Å². The molecule has 0 unspecified atom stereocenters. The molecule has 2 aliphatic rings. The van der Waals surface area contributed by atoms with Gasteiger partial charge in [0.15, 0.2) is 0 Å². The Hall–Kier alpha value is -1.51. The fraction of sp³-hybridized carbons (Fsp3) is 0.533. The van der Waals surface area contributed by atoms with E-state index in [0.717, 1.165) is 38.8 Å². The lowest BCUT2D eigenvalue weighted by atomic mass is 9.89. The average Bonchev–Trinajstić information content (AvgIpc) is 3.23. The van der Waals surface area contributed by atoms with Crippen molar-refractivity contribution in [2.75, 3.05) is 13.1 Å². The van der Waals surface area contributed by atoms with Crippen molar-refractivity contribution in [2.45, 2.75) is 31.6 Å². The SMILES string of the molecule is O=C(C1CC1)N1CCC(c2ccc(O)cc2)CC1. The Morgan fingerprint density at radius 3 is 2.22 bits per heavy atom. The molecule has 1 saturated heterocycles. The minimum Gasteiger partial charge on any atom is -0.508 e. The third-order valence-corrected chi connectivity index (χ3v) is 4.10. The van der Waals surface area contributed by atoms with Crippen LogP contribution < -0.4 is 0 Å². The van der Waals surface area contributed by atoms with Gasteiger partial charge in [-0.2, -0.15) is 0 Å². The number of hydrogen-bond acceptors (Lipinski definition) is 2. The summed E-state index contributed by atoms with van der Waals surface area (Å²) in [5.74, 6) is 1.57. The summed E-state index contributed by atoms with van der Waals surface area (Å²) in [6.07, 6.45) is 4.28. The standard InChI is InChI=1S/C15H19NO2/c17-14-5-3-11(4-6-14)12-7-9-16(10-8-12)15(18)13-1-2-13/h3-6,12-13,17H,1-2,7-10H2. The van der Waals surface area contributed by atoms with Crippen molar-refractivity contribution in [3.63, 3.8) is 0 Å². The van der Waals surface area contributed by atoms with E-state index in [-0.39, 0.29) is 0 Å². The lowest BCUT2D eigenvalue weighted by molar-refractivity contribution is -0.133. The molecule has 1 heterocycles. The number of nitrogens with zero attached hydrogens (tertiary/aromatic N) is 1. The number of hydrogen-bond donors (Lipinski definition) is 1. The van der Waals surface area contributed by atoms with Crippen molar-refractivity contribution >= 4 is 5.91 Å². The lowest BCUT2D eigenvalue weighted by Gasteiger charge is -2.32. The number of aromatic hydroxyl groups is 1. The average molecular weight is 245 g/mol. The maximum atomic E-state index is 11.9. The van der Waals surface area contributed by atoms with Crippen LogP contribution in [0, 0.1) is 5.92 Å². The van der Waals surface area contributed by atoms with E-state index < -0.39 is 0 Å². The van der Waals surface area contributed by atoms with Gasteiger partial charge in [0.25, 0.3) is 0 Å². The van der Waals surface area contributed by atoms with Crippen LogP contribution in [-0.2, 0) is 4.79 Å². The molecule has 2 fully saturated rings. The summed E-state index contributed by atoms with van der Waals surface area (Å²) in [5.41, 5.74) is 1.28. The van der Waals surface area contributed by atoms with Gasteiger partial charge in [0.1, 0.15) is 5.75 Å². The number of likely N-dealkylation sites (tertiary alicyclic amines) is 1. The summed E-state index contributed by atoms with van der Waals surface area (Å²) >= 11 is 0. The molecule has 0 spiro atoms. The molecular formula is C15H19NO2. The Kier molecular flexibility index (Phi) is 2.98. The van der Waals surface area contributed by atoms with Crippen LogP contribution in [-0.4, -0.2) is 29.0 Å². The molecule has 1 aromatic rings. The number of amides is 1. The van der Waals surface area contributed by atoms with E-state index in [1.54, 1.807) is 12.1 Å². The van der Waals surface area contributed by atoms with E-state index in [2.05, 4.69) is 0 Å². The Balaban J connectivity index is 1.59. The Bertz CT molecular complexity index is 428. The van der Waals surface area contributed by atoms with Crippen molar-refractivity contribution in [3.8, 4) is 5.75 Å². The third-order valence-electron chi connectivity index (χ3n) is 4.10. The molecule has 0 aromatic heterocycles. The normalized spacial score (nSPS) is 21.0. The number of carbonyl (C=O) groups is 1. The quantitative estimate of drug-likeness (QED) is 0.869. The molecule has 18 heavy (non-hydrogen) atoms. The van der Waals surface area contributed by atoms with Gasteiger partial charge in [0, 0.05) is 19.0 Å². The first-order valence-electron chi connectivity index (χ1n) is 6.82. The van der Waals surface area contributed by atoms with Crippen LogP contribution in [0.15, 0.2) is 24.3 Å². The highest BCUT2D eigenvalue weighted by molar-refractivity contribution is 5.81. The minimum absolute atomic E-state index is 0.320. The van der Waals surface area contributed by atoms with E-state index >= 15 is 0 Å². The summed E-state index contributed by atoms with van der Waals surface area (Å²) in [5, 5.41) is 9.29. The van der Waals surface area contributed by atoms with Crippen molar-refractivity contribution in [3.05, 3.63) is 29.8 Å². The summed E-state index contributed by atoms with van der Waals surface area (Å²) in [6, 6.07) is 7.49. The van der Waals surface area contributed by atoms with Gasteiger partial charge in [0.05, 0.1) is 0 Å². The predicted octanol–water partition coefficient (Wildman–Crippen LogP) is 2.51. The molecule has 1 amide bonds. The van der Waals surface area contributed by atoms with Crippen molar-refractivity contribution in [1.29, 1.82) is 0 Å². The van der Waals surface area contributed by atoms with Crippen molar-refractivity contribution < 1.29 is 9.90 Å². The molecule has 3 heteroatoms. The number of phenols is 1. The number of rotatable bonds is 2. The van der Waals surface area contributed by atoms with E-state index in [0.29, 0.717) is 23.5 Å². The Labute approximate surface area is 107 Å². The van der Waals surface area contributed by atoms with Gasteiger partial charge >= 0.3 is 0 Å². The minimum atomic E-state index is 0.320. The van der Waals surface area contributed by atoms with Gasteiger partial charge in [-0.1, -0.05) is 12.1 Å². The van der Waals surface area contributed by atoms with E-state index in [1.807, 2.05) is 17.0 Å². The number of carbonyl (C=O) groups excluding carboxylic acids is 1. The van der Waals surface area contributed by atoms with Crippen LogP contribution in [0.3, 0.4) is 0 Å². The molecule has 0 radical (unpaired) electrons. The number of piperidine rings is 1. The Morgan fingerprint density at radius 2 is 1.67 bits per heavy atom. The maximum Gasteiger partial charge on any atom is 0.225 e. The second-order valence-corrected chi connectivity index (χ2v) is 5.47. The molecule has 3 nitrogen and oxygen atoms in total. The molecular weight excluding hydrogens is 226 g/mol. The van der Waals surface area contributed by atoms with Crippen LogP contribution in [0.2, 0.25) is 0 Å². The summed E-state index contributed by atoms with van der Waals surface area (Å²) in [7, 11) is 0. The molecule has 1 N–H and O–H groups in total. The second kappa shape index (κ2) is 4.63. The number of benzene rings is 1. The van der Waals surface area contributed by atoms with Crippen molar-refractivity contribution in [1.82, 2.24) is 4.90 Å². The van der Waals surface area contributed by atoms with Crippen LogP contribution in [0.1, 0.15) is 37.2 Å². The fourth-order valence-electron chi connectivity index (χ4n) is 2.77. The highest BCUT2D eigenvalue weighted by atomic mass is 16.3. The summed E-state index contributed by atoms with van der Waals surface area (Å²) < 4.78 is 0. The van der Waals surface area contributed by atoms with Gasteiger partial charge in [-0.15, -0.1) is 0 Å². The smallest absolute Gasteiger partial charge is 0.225 e. The van der Waals surface area contributed by atoms with Crippen LogP contribution >= 0.6 is 0 Å². The maximum absolute atomic E-state index is 11.9. The topological polar surface area (TPSA) is 40.5 Å². The summed E-state index contributed by atoms with van der Waals surface area (Å²) in [6.45, 7) is 1.78. The molecule has 1 saturated carbocycles. The van der Waals surface area contributed by atoms with E-state index in [1.165, 1.54) is 5.56 Å². The highest BCUT2D eigenvalue weighted by Crippen LogP contribution is 2.34. The van der Waals surface area contributed by atoms with Crippen molar-refractivity contribution in [2.24, 2.45) is 5.92 Å². The molecule has 1 aromatic carbocycles. The lowest BCUT2D eigenvalue weighted by Crippen LogP contribution is -2.38. The van der Waals surface area contributed by atoms with Crippen LogP contribution in [0.4, 0.5) is 0 Å². The highest BCUT2D eigenvalue weighted by Gasteiger charge is 2.34. The van der Waals surface area contributed by atoms with Crippen LogP contribution in [0.25, 0.3) is 0 Å². The zero-order valence-corrected chi connectivity index (χ0v) is 10.5. The molecule has 0 bridgehead atoms. The molecule has 96 valence electrons. The first-order valence-corrected chi connectivity index (χ1v) is 6.82. The van der Waals surface area contributed by atoms with E-state index in [9.17, 15) is 9.90 Å². The van der Waals surface area contributed by atoms with Gasteiger partial charge in [-0.3, -0.25) is 4.79 Å². The zero-order chi connectivity index (χ0) is 12.5.